The van der Waals surface area contributed by atoms with E-state index in [2.05, 4.69) is 4.98 Å². The highest BCUT2D eigenvalue weighted by Crippen LogP contribution is 2.09. The Morgan fingerprint density at radius 2 is 2.38 bits per heavy atom. The monoisotopic (exact) mass is 346 g/mol. The number of Topliss-reactive ketones (excluding diaryl/α,β-unsaturated/α-hetero) is 1. The van der Waals surface area contributed by atoms with Crippen molar-refractivity contribution in [3.05, 3.63) is 48.8 Å². The van der Waals surface area contributed by atoms with Gasteiger partial charge in [-0.2, -0.15) is 0 Å². The highest BCUT2D eigenvalue weighted by atomic mass is 127. The van der Waals surface area contributed by atoms with Crippen LogP contribution in [0.25, 0.3) is 0 Å². The SMILES string of the molecule is O=C(Cn1cncc(I)c1=O)c1cccs1. The maximum atomic E-state index is 11.8. The van der Waals surface area contributed by atoms with E-state index in [1.807, 2.05) is 34.0 Å². The summed E-state index contributed by atoms with van der Waals surface area (Å²) < 4.78 is 1.84. The van der Waals surface area contributed by atoms with Crippen LogP contribution in [-0.4, -0.2) is 15.3 Å². The molecular weight excluding hydrogens is 339 g/mol. The molecule has 0 atom stereocenters. The van der Waals surface area contributed by atoms with Gasteiger partial charge in [0.05, 0.1) is 21.3 Å². The maximum absolute atomic E-state index is 11.8. The van der Waals surface area contributed by atoms with Crippen molar-refractivity contribution in [1.82, 2.24) is 9.55 Å². The van der Waals surface area contributed by atoms with E-state index in [1.165, 1.54) is 28.4 Å². The van der Waals surface area contributed by atoms with Crippen molar-refractivity contribution in [1.29, 1.82) is 0 Å². The molecule has 0 bridgehead atoms. The molecule has 2 heterocycles. The average molecular weight is 346 g/mol. The number of nitrogens with zero attached hydrogens (tertiary/aromatic N) is 2. The third-order valence-corrected chi connectivity index (χ3v) is 3.62. The summed E-state index contributed by atoms with van der Waals surface area (Å²) in [6, 6.07) is 3.56. The van der Waals surface area contributed by atoms with Crippen LogP contribution >= 0.6 is 33.9 Å². The predicted molar refractivity (Wildman–Crippen MR) is 69.9 cm³/mol. The molecule has 0 aliphatic heterocycles. The van der Waals surface area contributed by atoms with E-state index in [1.54, 1.807) is 6.07 Å². The Balaban J connectivity index is 2.25. The second kappa shape index (κ2) is 4.88. The number of thiophene rings is 1. The molecule has 2 aromatic rings. The summed E-state index contributed by atoms with van der Waals surface area (Å²) in [6.07, 6.45) is 2.87. The summed E-state index contributed by atoms with van der Waals surface area (Å²) in [5, 5.41) is 1.84. The summed E-state index contributed by atoms with van der Waals surface area (Å²) in [4.78, 5) is 27.9. The first-order chi connectivity index (χ1) is 7.68. The van der Waals surface area contributed by atoms with Gasteiger partial charge < -0.3 is 0 Å². The highest BCUT2D eigenvalue weighted by molar-refractivity contribution is 14.1. The topological polar surface area (TPSA) is 52.0 Å². The minimum atomic E-state index is -0.180. The van der Waals surface area contributed by atoms with E-state index < -0.39 is 0 Å². The largest absolute Gasteiger partial charge is 0.291 e. The molecule has 0 N–H and O–H groups in total. The molecular formula is C10H7IN2O2S. The predicted octanol–water partition coefficient (Wildman–Crippen LogP) is 1.79. The third-order valence-electron chi connectivity index (χ3n) is 1.97. The molecule has 0 radical (unpaired) electrons. The fourth-order valence-electron chi connectivity index (χ4n) is 1.21. The van der Waals surface area contributed by atoms with Gasteiger partial charge in [0.15, 0.2) is 5.78 Å². The first-order valence-corrected chi connectivity index (χ1v) is 6.41. The van der Waals surface area contributed by atoms with Crippen molar-refractivity contribution in [2.75, 3.05) is 0 Å². The second-order valence-electron chi connectivity index (χ2n) is 3.08. The van der Waals surface area contributed by atoms with E-state index in [4.69, 9.17) is 0 Å². The number of hydrogen-bond donors (Lipinski definition) is 0. The van der Waals surface area contributed by atoms with E-state index in [0.717, 1.165) is 0 Å². The molecule has 0 fully saturated rings. The molecule has 0 aliphatic carbocycles. The van der Waals surface area contributed by atoms with Crippen LogP contribution < -0.4 is 5.56 Å². The number of carbonyl (C=O) groups excluding carboxylic acids is 1. The Hall–Kier alpha value is -1.02. The van der Waals surface area contributed by atoms with Gasteiger partial charge in [-0.05, 0) is 34.0 Å². The minimum absolute atomic E-state index is 0.0448. The molecule has 16 heavy (non-hydrogen) atoms. The Bertz CT molecular complexity index is 562. The van der Waals surface area contributed by atoms with Gasteiger partial charge in [-0.1, -0.05) is 6.07 Å². The second-order valence-corrected chi connectivity index (χ2v) is 5.18. The summed E-state index contributed by atoms with van der Waals surface area (Å²) in [7, 11) is 0. The Morgan fingerprint density at radius 3 is 3.06 bits per heavy atom. The molecule has 0 spiro atoms. The van der Waals surface area contributed by atoms with E-state index in [0.29, 0.717) is 8.45 Å². The lowest BCUT2D eigenvalue weighted by Crippen LogP contribution is -2.25. The molecule has 0 amide bonds. The number of aromatic nitrogens is 2. The van der Waals surface area contributed by atoms with Gasteiger partial charge in [0, 0.05) is 6.20 Å². The standard InChI is InChI=1S/C10H7IN2O2S/c11-7-4-12-6-13(10(7)15)5-8(14)9-2-1-3-16-9/h1-4,6H,5H2. The van der Waals surface area contributed by atoms with Crippen molar-refractivity contribution >= 4 is 39.7 Å². The Labute approximate surface area is 109 Å². The molecule has 4 nitrogen and oxygen atoms in total. The summed E-state index contributed by atoms with van der Waals surface area (Å²) >= 11 is 3.28. The van der Waals surface area contributed by atoms with E-state index in [9.17, 15) is 9.59 Å². The quantitative estimate of drug-likeness (QED) is 0.629. The number of carbonyl (C=O) groups is 1. The van der Waals surface area contributed by atoms with Crippen LogP contribution in [-0.2, 0) is 6.54 Å². The normalized spacial score (nSPS) is 10.3. The summed E-state index contributed by atoms with van der Waals surface area (Å²) in [5.41, 5.74) is -0.180. The summed E-state index contributed by atoms with van der Waals surface area (Å²) in [5.74, 6) is -0.0686. The third kappa shape index (κ3) is 2.38. The number of halogens is 1. The Morgan fingerprint density at radius 1 is 1.56 bits per heavy atom. The molecule has 0 aromatic carbocycles. The van der Waals surface area contributed by atoms with Crippen molar-refractivity contribution < 1.29 is 4.79 Å². The average Bonchev–Trinajstić information content (AvgIpc) is 2.78. The van der Waals surface area contributed by atoms with Gasteiger partial charge in [-0.15, -0.1) is 11.3 Å². The highest BCUT2D eigenvalue weighted by Gasteiger charge is 2.09. The van der Waals surface area contributed by atoms with Crippen LogP contribution in [0.4, 0.5) is 0 Å². The van der Waals surface area contributed by atoms with Crippen molar-refractivity contribution in [2.24, 2.45) is 0 Å². The lowest BCUT2D eigenvalue weighted by Gasteiger charge is -2.02. The summed E-state index contributed by atoms with van der Waals surface area (Å²) in [6.45, 7) is 0.0448. The van der Waals surface area contributed by atoms with Crippen LogP contribution in [0.1, 0.15) is 9.67 Å². The fourth-order valence-corrected chi connectivity index (χ4v) is 2.33. The van der Waals surface area contributed by atoms with Crippen molar-refractivity contribution in [2.45, 2.75) is 6.54 Å². The molecule has 6 heteroatoms. The van der Waals surface area contributed by atoms with Crippen LogP contribution in [0.15, 0.2) is 34.8 Å². The van der Waals surface area contributed by atoms with Crippen LogP contribution in [0, 0.1) is 3.57 Å². The van der Waals surface area contributed by atoms with Gasteiger partial charge in [-0.25, -0.2) is 4.98 Å². The van der Waals surface area contributed by atoms with Gasteiger partial charge in [0.1, 0.15) is 0 Å². The fraction of sp³-hybridized carbons (Fsp3) is 0.100. The van der Waals surface area contributed by atoms with Crippen LogP contribution in [0.5, 0.6) is 0 Å². The van der Waals surface area contributed by atoms with Gasteiger partial charge in [-0.3, -0.25) is 14.2 Å². The van der Waals surface area contributed by atoms with Gasteiger partial charge in [0.25, 0.3) is 5.56 Å². The molecule has 2 rings (SSSR count). The van der Waals surface area contributed by atoms with Gasteiger partial charge >= 0.3 is 0 Å². The van der Waals surface area contributed by atoms with Gasteiger partial charge in [0.2, 0.25) is 0 Å². The first kappa shape index (κ1) is 11.5. The van der Waals surface area contributed by atoms with Crippen molar-refractivity contribution in [3.63, 3.8) is 0 Å². The zero-order valence-electron chi connectivity index (χ0n) is 8.09. The molecule has 0 unspecified atom stereocenters. The van der Waals surface area contributed by atoms with Crippen LogP contribution in [0.3, 0.4) is 0 Å². The molecule has 0 saturated carbocycles. The number of rotatable bonds is 3. The lowest BCUT2D eigenvalue weighted by molar-refractivity contribution is 0.0974. The number of hydrogen-bond acceptors (Lipinski definition) is 4. The Kier molecular flexibility index (Phi) is 3.49. The molecule has 0 aliphatic rings. The van der Waals surface area contributed by atoms with E-state index >= 15 is 0 Å². The zero-order valence-corrected chi connectivity index (χ0v) is 11.1. The smallest absolute Gasteiger partial charge is 0.267 e. The zero-order chi connectivity index (χ0) is 11.5. The van der Waals surface area contributed by atoms with Crippen molar-refractivity contribution in [3.8, 4) is 0 Å². The van der Waals surface area contributed by atoms with Crippen LogP contribution in [0.2, 0.25) is 0 Å². The maximum Gasteiger partial charge on any atom is 0.267 e. The molecule has 82 valence electrons. The number of ketones is 1. The molecule has 2 aromatic heterocycles. The lowest BCUT2D eigenvalue weighted by atomic mass is 10.3. The van der Waals surface area contributed by atoms with E-state index in [-0.39, 0.29) is 17.9 Å². The molecule has 0 saturated heterocycles. The first-order valence-electron chi connectivity index (χ1n) is 4.45. The minimum Gasteiger partial charge on any atom is -0.291 e.